The third-order valence-electron chi connectivity index (χ3n) is 11.1. The van der Waals surface area contributed by atoms with Gasteiger partial charge in [-0.1, -0.05) is 41.5 Å². The molecule has 0 aliphatic heterocycles. The van der Waals surface area contributed by atoms with Gasteiger partial charge in [0.05, 0.1) is 12.2 Å². The minimum atomic E-state index is -0.143. The molecule has 174 valence electrons. The zero-order chi connectivity index (χ0) is 21.9. The van der Waals surface area contributed by atoms with Crippen LogP contribution >= 0.6 is 0 Å². The molecule has 4 aliphatic rings. The minimum Gasteiger partial charge on any atom is -0.393 e. The predicted octanol–water partition coefficient (Wildman–Crippen LogP) is 6.83. The van der Waals surface area contributed by atoms with Crippen molar-refractivity contribution in [3.8, 4) is 0 Å². The van der Waals surface area contributed by atoms with Gasteiger partial charge in [0.2, 0.25) is 0 Å². The van der Waals surface area contributed by atoms with E-state index < -0.39 is 0 Å². The smallest absolute Gasteiger partial charge is 0.0568 e. The van der Waals surface area contributed by atoms with Gasteiger partial charge in [-0.25, -0.2) is 0 Å². The summed E-state index contributed by atoms with van der Waals surface area (Å²) in [4.78, 5) is 0. The normalized spacial score (nSPS) is 48.4. The number of hydrogen-bond donors (Lipinski definition) is 2. The van der Waals surface area contributed by atoms with E-state index in [1.165, 1.54) is 44.9 Å². The zero-order valence-corrected chi connectivity index (χ0v) is 20.8. The molecule has 0 spiro atoms. The van der Waals surface area contributed by atoms with E-state index >= 15 is 0 Å². The molecule has 10 atom stereocenters. The van der Waals surface area contributed by atoms with Crippen LogP contribution in [0.4, 0.5) is 0 Å². The largest absolute Gasteiger partial charge is 0.393 e. The Hall–Kier alpha value is -0.0800. The highest BCUT2D eigenvalue weighted by Crippen LogP contribution is 2.68. The van der Waals surface area contributed by atoms with Crippen molar-refractivity contribution in [2.45, 2.75) is 124 Å². The first-order chi connectivity index (χ1) is 14.0. The fourth-order valence-electron chi connectivity index (χ4n) is 9.25. The minimum absolute atomic E-state index is 0.0419. The monoisotopic (exact) mass is 418 g/mol. The highest BCUT2D eigenvalue weighted by atomic mass is 16.3. The van der Waals surface area contributed by atoms with E-state index in [4.69, 9.17) is 0 Å². The number of hydrogen-bond acceptors (Lipinski definition) is 2. The average molecular weight is 419 g/mol. The Morgan fingerprint density at radius 1 is 0.900 bits per heavy atom. The van der Waals surface area contributed by atoms with Crippen LogP contribution in [0.5, 0.6) is 0 Å². The lowest BCUT2D eigenvalue weighted by Gasteiger charge is -2.61. The Morgan fingerprint density at radius 2 is 1.57 bits per heavy atom. The van der Waals surface area contributed by atoms with Gasteiger partial charge in [0.15, 0.2) is 0 Å². The molecule has 0 amide bonds. The number of aliphatic hydroxyl groups excluding tert-OH is 2. The van der Waals surface area contributed by atoms with Crippen LogP contribution in [0.1, 0.15) is 112 Å². The summed E-state index contributed by atoms with van der Waals surface area (Å²) in [6.45, 7) is 14.4. The highest BCUT2D eigenvalue weighted by Gasteiger charge is 2.60. The van der Waals surface area contributed by atoms with E-state index in [-0.39, 0.29) is 12.2 Å². The van der Waals surface area contributed by atoms with Gasteiger partial charge in [-0.05, 0) is 122 Å². The molecule has 4 rings (SSSR count). The van der Waals surface area contributed by atoms with Crippen LogP contribution in [-0.4, -0.2) is 22.4 Å². The van der Waals surface area contributed by atoms with Crippen LogP contribution < -0.4 is 0 Å². The molecule has 2 heteroatoms. The van der Waals surface area contributed by atoms with Crippen LogP contribution in [0, 0.1) is 51.8 Å². The maximum absolute atomic E-state index is 11.1. The summed E-state index contributed by atoms with van der Waals surface area (Å²) in [6.07, 6.45) is 13.4. The molecule has 1 unspecified atom stereocenters. The van der Waals surface area contributed by atoms with Gasteiger partial charge in [-0.2, -0.15) is 0 Å². The molecular weight excluding hydrogens is 368 g/mol. The van der Waals surface area contributed by atoms with Crippen LogP contribution in [0.2, 0.25) is 0 Å². The van der Waals surface area contributed by atoms with Gasteiger partial charge in [0.1, 0.15) is 0 Å². The average Bonchev–Trinajstić information content (AvgIpc) is 3.02. The highest BCUT2D eigenvalue weighted by molar-refractivity contribution is 5.10. The number of aliphatic hydroxyl groups is 2. The van der Waals surface area contributed by atoms with E-state index in [0.717, 1.165) is 49.4 Å². The summed E-state index contributed by atoms with van der Waals surface area (Å²) in [5.74, 6) is 4.50. The first-order valence-corrected chi connectivity index (χ1v) is 13.3. The molecule has 2 nitrogen and oxygen atoms in total. The lowest BCUT2D eigenvalue weighted by molar-refractivity contribution is -0.132. The molecule has 30 heavy (non-hydrogen) atoms. The van der Waals surface area contributed by atoms with Gasteiger partial charge in [0, 0.05) is 0 Å². The summed E-state index contributed by atoms with van der Waals surface area (Å²) in [5, 5.41) is 21.3. The molecule has 4 saturated carbocycles. The summed E-state index contributed by atoms with van der Waals surface area (Å²) in [7, 11) is 0. The SMILES string of the molecule is C[C@H](C(O)CCC(C)(C)C)[C@H]1CC[C@H]2[C@@H]3CC[C@H]4C[C@@H](O)CC[C@]4(C)[C@H]3CC[C@]12C. The van der Waals surface area contributed by atoms with Crippen LogP contribution in [0.25, 0.3) is 0 Å². The molecule has 0 aromatic rings. The van der Waals surface area contributed by atoms with Crippen LogP contribution in [0.3, 0.4) is 0 Å². The van der Waals surface area contributed by atoms with Gasteiger partial charge in [0.25, 0.3) is 0 Å². The molecule has 4 aliphatic carbocycles. The molecule has 0 saturated heterocycles. The van der Waals surface area contributed by atoms with Crippen molar-refractivity contribution in [3.63, 3.8) is 0 Å². The second-order valence-corrected chi connectivity index (χ2v) is 13.8. The topological polar surface area (TPSA) is 40.5 Å². The van der Waals surface area contributed by atoms with Gasteiger partial charge in [-0.3, -0.25) is 0 Å². The maximum Gasteiger partial charge on any atom is 0.0568 e. The van der Waals surface area contributed by atoms with E-state index in [0.29, 0.717) is 28.1 Å². The fraction of sp³-hybridized carbons (Fsp3) is 1.00. The van der Waals surface area contributed by atoms with Crippen molar-refractivity contribution in [1.29, 1.82) is 0 Å². The molecule has 0 radical (unpaired) electrons. The molecule has 0 bridgehead atoms. The van der Waals surface area contributed by atoms with Crippen molar-refractivity contribution < 1.29 is 10.2 Å². The van der Waals surface area contributed by atoms with Crippen molar-refractivity contribution in [1.82, 2.24) is 0 Å². The van der Waals surface area contributed by atoms with Gasteiger partial charge in [-0.15, -0.1) is 0 Å². The van der Waals surface area contributed by atoms with Crippen molar-refractivity contribution in [2.75, 3.05) is 0 Å². The Morgan fingerprint density at radius 3 is 2.27 bits per heavy atom. The Kier molecular flexibility index (Phi) is 6.20. The summed E-state index contributed by atoms with van der Waals surface area (Å²) in [5.41, 5.74) is 1.21. The Bertz CT molecular complexity index is 608. The molecular formula is C28H50O2. The Balaban J connectivity index is 1.47. The molecule has 2 N–H and O–H groups in total. The first-order valence-electron chi connectivity index (χ1n) is 13.3. The second-order valence-electron chi connectivity index (χ2n) is 13.8. The molecule has 0 aromatic heterocycles. The number of fused-ring (bicyclic) bond motifs is 5. The first kappa shape index (κ1) is 23.1. The number of rotatable bonds is 4. The standard InChI is InChI=1S/C28H50O2/c1-18(25(30)13-14-26(2,3)4)22-9-10-23-21-8-7-19-17-20(29)11-15-27(19,5)24(21)12-16-28(22,23)6/h18-25,29-30H,7-17H2,1-6H3/t18-,19-,20-,21-,22+,23-,24-,25?,27-,28+/m0/s1. The van der Waals surface area contributed by atoms with Gasteiger partial charge >= 0.3 is 0 Å². The third-order valence-corrected chi connectivity index (χ3v) is 11.1. The van der Waals surface area contributed by atoms with E-state index in [2.05, 4.69) is 41.5 Å². The van der Waals surface area contributed by atoms with E-state index in [9.17, 15) is 10.2 Å². The predicted molar refractivity (Wildman–Crippen MR) is 125 cm³/mol. The second kappa shape index (κ2) is 8.05. The van der Waals surface area contributed by atoms with Gasteiger partial charge < -0.3 is 10.2 Å². The Labute approximate surface area is 186 Å². The lowest BCUT2D eigenvalue weighted by Crippen LogP contribution is -2.54. The fourth-order valence-corrected chi connectivity index (χ4v) is 9.25. The third kappa shape index (κ3) is 3.91. The van der Waals surface area contributed by atoms with E-state index in [1.54, 1.807) is 0 Å². The molecule has 0 heterocycles. The van der Waals surface area contributed by atoms with E-state index in [1.807, 2.05) is 0 Å². The van der Waals surface area contributed by atoms with Crippen molar-refractivity contribution in [2.24, 2.45) is 51.8 Å². The molecule has 4 fully saturated rings. The molecule has 0 aromatic carbocycles. The summed E-state index contributed by atoms with van der Waals surface area (Å²) < 4.78 is 0. The lowest BCUT2D eigenvalue weighted by atomic mass is 9.44. The summed E-state index contributed by atoms with van der Waals surface area (Å²) in [6, 6.07) is 0. The van der Waals surface area contributed by atoms with Crippen LogP contribution in [-0.2, 0) is 0 Å². The maximum atomic E-state index is 11.1. The zero-order valence-electron chi connectivity index (χ0n) is 20.8. The van der Waals surface area contributed by atoms with Crippen LogP contribution in [0.15, 0.2) is 0 Å². The summed E-state index contributed by atoms with van der Waals surface area (Å²) >= 11 is 0. The van der Waals surface area contributed by atoms with Crippen molar-refractivity contribution in [3.05, 3.63) is 0 Å². The quantitative estimate of drug-likeness (QED) is 0.525. The van der Waals surface area contributed by atoms with Crippen molar-refractivity contribution >= 4 is 0 Å².